The van der Waals surface area contributed by atoms with E-state index in [9.17, 15) is 5.11 Å². The molecule has 1 saturated carbocycles. The molecule has 0 unspecified atom stereocenters. The third-order valence-electron chi connectivity index (χ3n) is 4.05. The molecule has 18 heavy (non-hydrogen) atoms. The highest BCUT2D eigenvalue weighted by atomic mass is 35.5. The molecule has 4 heteroatoms. The number of likely N-dealkylation sites (tertiary alicyclic amines) is 1. The molecule has 0 aromatic heterocycles. The Balaban J connectivity index is 1.57. The van der Waals surface area contributed by atoms with Gasteiger partial charge in [0.05, 0.1) is 18.8 Å². The van der Waals surface area contributed by atoms with Gasteiger partial charge < -0.3 is 14.7 Å². The summed E-state index contributed by atoms with van der Waals surface area (Å²) in [4.78, 5) is 2.35. The number of hydrogen-bond acceptors (Lipinski definition) is 3. The van der Waals surface area contributed by atoms with Gasteiger partial charge in [-0.2, -0.15) is 0 Å². The first-order valence-corrected chi connectivity index (χ1v) is 7.84. The molecule has 1 aliphatic carbocycles. The number of ether oxygens (including phenoxy) is 1. The number of hydrogen-bond donors (Lipinski definition) is 1. The van der Waals surface area contributed by atoms with Crippen molar-refractivity contribution in [3.8, 4) is 0 Å². The molecule has 0 radical (unpaired) electrons. The van der Waals surface area contributed by atoms with Gasteiger partial charge >= 0.3 is 0 Å². The summed E-state index contributed by atoms with van der Waals surface area (Å²) in [5, 5.41) is 10.3. The standard InChI is InChI=1S/C14H26ClNO2/c15-12-4-6-14(7-5-12)18-11-13(17)10-16-8-2-1-3-9-16/h12-14,17H,1-11H2/t12?,13-,14?/m1/s1. The average Bonchev–Trinajstić information content (AvgIpc) is 2.39. The van der Waals surface area contributed by atoms with E-state index in [1.54, 1.807) is 0 Å². The Labute approximate surface area is 115 Å². The highest BCUT2D eigenvalue weighted by Gasteiger charge is 2.21. The van der Waals surface area contributed by atoms with E-state index in [1.807, 2.05) is 0 Å². The van der Waals surface area contributed by atoms with Crippen molar-refractivity contribution in [2.45, 2.75) is 62.5 Å². The number of β-amino-alcohol motifs (C(OH)–C–C–N with tert-alkyl or cyclic N) is 1. The topological polar surface area (TPSA) is 32.7 Å². The van der Waals surface area contributed by atoms with Crippen LogP contribution in [-0.2, 0) is 4.74 Å². The zero-order valence-corrected chi connectivity index (χ0v) is 11.9. The van der Waals surface area contributed by atoms with E-state index < -0.39 is 0 Å². The van der Waals surface area contributed by atoms with Gasteiger partial charge in [-0.1, -0.05) is 6.42 Å². The van der Waals surface area contributed by atoms with Gasteiger partial charge in [-0.15, -0.1) is 11.6 Å². The molecule has 2 aliphatic rings. The molecule has 2 fully saturated rings. The molecule has 2 rings (SSSR count). The molecule has 1 N–H and O–H groups in total. The molecule has 1 aliphatic heterocycles. The fourth-order valence-electron chi connectivity index (χ4n) is 2.93. The van der Waals surface area contributed by atoms with Crippen LogP contribution in [0.15, 0.2) is 0 Å². The summed E-state index contributed by atoms with van der Waals surface area (Å²) in [5.74, 6) is 0. The third-order valence-corrected chi connectivity index (χ3v) is 4.48. The Morgan fingerprint density at radius 3 is 2.44 bits per heavy atom. The lowest BCUT2D eigenvalue weighted by Gasteiger charge is -2.30. The van der Waals surface area contributed by atoms with Gasteiger partial charge in [0.1, 0.15) is 0 Å². The largest absolute Gasteiger partial charge is 0.389 e. The summed E-state index contributed by atoms with van der Waals surface area (Å²) < 4.78 is 5.80. The lowest BCUT2D eigenvalue weighted by Crippen LogP contribution is -2.39. The number of nitrogens with zero attached hydrogens (tertiary/aromatic N) is 1. The van der Waals surface area contributed by atoms with Crippen molar-refractivity contribution in [2.24, 2.45) is 0 Å². The van der Waals surface area contributed by atoms with Crippen LogP contribution in [0.5, 0.6) is 0 Å². The summed E-state index contributed by atoms with van der Waals surface area (Å²) in [6.45, 7) is 3.52. The van der Waals surface area contributed by atoms with Gasteiger partial charge in [-0.3, -0.25) is 0 Å². The van der Waals surface area contributed by atoms with Crippen LogP contribution in [0.3, 0.4) is 0 Å². The van der Waals surface area contributed by atoms with Crippen molar-refractivity contribution in [2.75, 3.05) is 26.2 Å². The fourth-order valence-corrected chi connectivity index (χ4v) is 3.18. The second kappa shape index (κ2) is 7.68. The Bertz CT molecular complexity index is 226. The molecule has 0 spiro atoms. The molecule has 106 valence electrons. The number of rotatable bonds is 5. The number of aliphatic hydroxyl groups is 1. The number of aliphatic hydroxyl groups excluding tert-OH is 1. The zero-order chi connectivity index (χ0) is 12.8. The van der Waals surface area contributed by atoms with E-state index in [0.717, 1.165) is 45.3 Å². The lowest BCUT2D eigenvalue weighted by molar-refractivity contribution is -0.0342. The Hall–Kier alpha value is 0.170. The highest BCUT2D eigenvalue weighted by molar-refractivity contribution is 6.20. The smallest absolute Gasteiger partial charge is 0.0900 e. The fraction of sp³-hybridized carbons (Fsp3) is 1.00. The first-order valence-electron chi connectivity index (χ1n) is 7.40. The van der Waals surface area contributed by atoms with Gasteiger partial charge in [-0.05, 0) is 51.6 Å². The van der Waals surface area contributed by atoms with Crippen molar-refractivity contribution >= 4 is 11.6 Å². The van der Waals surface area contributed by atoms with Crippen molar-refractivity contribution in [3.63, 3.8) is 0 Å². The lowest BCUT2D eigenvalue weighted by atomic mass is 9.97. The Morgan fingerprint density at radius 1 is 1.11 bits per heavy atom. The van der Waals surface area contributed by atoms with Crippen LogP contribution < -0.4 is 0 Å². The number of alkyl halides is 1. The van der Waals surface area contributed by atoms with Gasteiger partial charge in [0.15, 0.2) is 0 Å². The summed E-state index contributed by atoms with van der Waals surface area (Å²) in [7, 11) is 0. The van der Waals surface area contributed by atoms with E-state index in [1.165, 1.54) is 19.3 Å². The van der Waals surface area contributed by atoms with Crippen LogP contribution in [0.4, 0.5) is 0 Å². The van der Waals surface area contributed by atoms with E-state index in [-0.39, 0.29) is 6.10 Å². The number of halogens is 1. The Kier molecular flexibility index (Phi) is 6.22. The monoisotopic (exact) mass is 275 g/mol. The summed E-state index contributed by atoms with van der Waals surface area (Å²) in [6, 6.07) is 0. The molecule has 0 aromatic carbocycles. The van der Waals surface area contributed by atoms with E-state index in [0.29, 0.717) is 18.1 Å². The minimum atomic E-state index is -0.336. The molecule has 0 aromatic rings. The maximum atomic E-state index is 9.99. The predicted molar refractivity (Wildman–Crippen MR) is 74.1 cm³/mol. The Morgan fingerprint density at radius 2 is 1.78 bits per heavy atom. The normalized spacial score (nSPS) is 32.3. The molecular weight excluding hydrogens is 250 g/mol. The summed E-state index contributed by atoms with van der Waals surface area (Å²) >= 11 is 6.06. The molecule has 0 amide bonds. The zero-order valence-electron chi connectivity index (χ0n) is 11.2. The van der Waals surface area contributed by atoms with Gasteiger partial charge in [-0.25, -0.2) is 0 Å². The third kappa shape index (κ3) is 5.04. The predicted octanol–water partition coefficient (Wildman–Crippen LogP) is 2.40. The summed E-state index contributed by atoms with van der Waals surface area (Å²) in [6.07, 6.45) is 8.05. The van der Waals surface area contributed by atoms with Crippen molar-refractivity contribution in [3.05, 3.63) is 0 Å². The second-order valence-corrected chi connectivity index (χ2v) is 6.34. The molecule has 1 heterocycles. The van der Waals surface area contributed by atoms with Crippen LogP contribution in [0.25, 0.3) is 0 Å². The van der Waals surface area contributed by atoms with Crippen LogP contribution in [0, 0.1) is 0 Å². The average molecular weight is 276 g/mol. The maximum absolute atomic E-state index is 9.99. The van der Waals surface area contributed by atoms with E-state index in [4.69, 9.17) is 16.3 Å². The molecule has 1 atom stereocenters. The summed E-state index contributed by atoms with van der Waals surface area (Å²) in [5.41, 5.74) is 0. The first kappa shape index (κ1) is 14.6. The minimum Gasteiger partial charge on any atom is -0.389 e. The van der Waals surface area contributed by atoms with E-state index in [2.05, 4.69) is 4.90 Å². The minimum absolute atomic E-state index is 0.316. The quantitative estimate of drug-likeness (QED) is 0.782. The van der Waals surface area contributed by atoms with Crippen molar-refractivity contribution in [1.82, 2.24) is 4.90 Å². The van der Waals surface area contributed by atoms with Gasteiger partial charge in [0.25, 0.3) is 0 Å². The highest BCUT2D eigenvalue weighted by Crippen LogP contribution is 2.24. The van der Waals surface area contributed by atoms with Crippen LogP contribution in [0.2, 0.25) is 0 Å². The molecule has 0 bridgehead atoms. The van der Waals surface area contributed by atoms with E-state index >= 15 is 0 Å². The molecule has 3 nitrogen and oxygen atoms in total. The molecule has 1 saturated heterocycles. The second-order valence-electron chi connectivity index (χ2n) is 5.72. The van der Waals surface area contributed by atoms with Crippen LogP contribution in [0.1, 0.15) is 44.9 Å². The van der Waals surface area contributed by atoms with Crippen LogP contribution >= 0.6 is 11.6 Å². The van der Waals surface area contributed by atoms with Gasteiger partial charge in [0.2, 0.25) is 0 Å². The van der Waals surface area contributed by atoms with Crippen molar-refractivity contribution in [1.29, 1.82) is 0 Å². The van der Waals surface area contributed by atoms with Crippen LogP contribution in [-0.4, -0.2) is 53.8 Å². The number of piperidine rings is 1. The first-order chi connectivity index (χ1) is 8.74. The van der Waals surface area contributed by atoms with Crippen molar-refractivity contribution < 1.29 is 9.84 Å². The van der Waals surface area contributed by atoms with Gasteiger partial charge in [0, 0.05) is 11.9 Å². The molecular formula is C14H26ClNO2. The maximum Gasteiger partial charge on any atom is 0.0900 e. The SMILES string of the molecule is O[C@@H](COC1CCC(Cl)CC1)CN1CCCCC1.